The number of hydrogen-bond acceptors (Lipinski definition) is 2. The molecule has 0 bridgehead atoms. The van der Waals surface area contributed by atoms with Gasteiger partial charge in [-0.3, -0.25) is 0 Å². The molecule has 0 rings (SSSR count). The Bertz CT molecular complexity index is 167. The van der Waals surface area contributed by atoms with E-state index >= 15 is 0 Å². The number of ether oxygens (including phenoxy) is 2. The molecule has 0 aliphatic rings. The van der Waals surface area contributed by atoms with Crippen molar-refractivity contribution in [1.29, 1.82) is 0 Å². The lowest BCUT2D eigenvalue weighted by molar-refractivity contribution is -0.113. The SMILES string of the molecule is CCC(C)(Cl)CCCC(C)CC(OC)OC. The highest BCUT2D eigenvalue weighted by molar-refractivity contribution is 6.23. The molecule has 0 amide bonds. The molecule has 0 saturated carbocycles. The van der Waals surface area contributed by atoms with Crippen LogP contribution >= 0.6 is 11.6 Å². The van der Waals surface area contributed by atoms with Crippen LogP contribution in [-0.4, -0.2) is 25.4 Å². The maximum atomic E-state index is 6.32. The molecule has 2 atom stereocenters. The fourth-order valence-corrected chi connectivity index (χ4v) is 1.86. The van der Waals surface area contributed by atoms with Crippen molar-refractivity contribution >= 4 is 11.6 Å². The van der Waals surface area contributed by atoms with Gasteiger partial charge in [0.15, 0.2) is 6.29 Å². The summed E-state index contributed by atoms with van der Waals surface area (Å²) in [6.07, 6.45) is 5.36. The fourth-order valence-electron chi connectivity index (χ4n) is 1.73. The molecule has 0 spiro atoms. The summed E-state index contributed by atoms with van der Waals surface area (Å²) in [4.78, 5) is -0.0262. The van der Waals surface area contributed by atoms with Gasteiger partial charge >= 0.3 is 0 Å². The molecule has 2 nitrogen and oxygen atoms in total. The van der Waals surface area contributed by atoms with Crippen LogP contribution in [0.1, 0.15) is 52.9 Å². The van der Waals surface area contributed by atoms with E-state index in [1.54, 1.807) is 14.2 Å². The Morgan fingerprint density at radius 3 is 2.25 bits per heavy atom. The predicted octanol–water partition coefficient (Wildman–Crippen LogP) is 4.21. The van der Waals surface area contributed by atoms with Gasteiger partial charge in [-0.25, -0.2) is 0 Å². The zero-order chi connectivity index (χ0) is 12.6. The Morgan fingerprint density at radius 1 is 1.25 bits per heavy atom. The molecule has 0 radical (unpaired) electrons. The molecule has 0 fully saturated rings. The Labute approximate surface area is 106 Å². The highest BCUT2D eigenvalue weighted by Gasteiger charge is 2.18. The van der Waals surface area contributed by atoms with Gasteiger partial charge in [-0.2, -0.15) is 0 Å². The third-order valence-electron chi connectivity index (χ3n) is 3.25. The second kappa shape index (κ2) is 8.32. The van der Waals surface area contributed by atoms with Gasteiger partial charge in [-0.1, -0.05) is 26.7 Å². The van der Waals surface area contributed by atoms with E-state index in [2.05, 4.69) is 20.8 Å². The normalized spacial score (nSPS) is 17.4. The fraction of sp³-hybridized carbons (Fsp3) is 1.00. The third kappa shape index (κ3) is 7.48. The number of rotatable bonds is 9. The smallest absolute Gasteiger partial charge is 0.157 e. The summed E-state index contributed by atoms with van der Waals surface area (Å²) in [5.74, 6) is 0.620. The van der Waals surface area contributed by atoms with Crippen LogP contribution in [0.5, 0.6) is 0 Å². The van der Waals surface area contributed by atoms with Gasteiger partial charge in [0.05, 0.1) is 0 Å². The average Bonchev–Trinajstić information content (AvgIpc) is 2.25. The lowest BCUT2D eigenvalue weighted by Gasteiger charge is -2.22. The monoisotopic (exact) mass is 250 g/mol. The van der Waals surface area contributed by atoms with Crippen molar-refractivity contribution in [1.82, 2.24) is 0 Å². The molecule has 3 heteroatoms. The van der Waals surface area contributed by atoms with Crippen molar-refractivity contribution in [3.05, 3.63) is 0 Å². The average molecular weight is 251 g/mol. The second-order valence-corrected chi connectivity index (χ2v) is 5.81. The maximum absolute atomic E-state index is 6.32. The van der Waals surface area contributed by atoms with Crippen molar-refractivity contribution in [2.45, 2.75) is 64.0 Å². The Kier molecular flexibility index (Phi) is 8.43. The standard InChI is InChI=1S/C13H27ClO2/c1-6-13(3,14)9-7-8-11(2)10-12(15-4)16-5/h11-12H,6-10H2,1-5H3. The van der Waals surface area contributed by atoms with Crippen LogP contribution in [0.15, 0.2) is 0 Å². The highest BCUT2D eigenvalue weighted by atomic mass is 35.5. The zero-order valence-corrected chi connectivity index (χ0v) is 12.1. The van der Waals surface area contributed by atoms with E-state index in [1.807, 2.05) is 0 Å². The van der Waals surface area contributed by atoms with Crippen molar-refractivity contribution in [3.8, 4) is 0 Å². The highest BCUT2D eigenvalue weighted by Crippen LogP contribution is 2.27. The minimum atomic E-state index is -0.0661. The van der Waals surface area contributed by atoms with Gasteiger partial charge in [0.2, 0.25) is 0 Å². The van der Waals surface area contributed by atoms with Crippen LogP contribution in [0.25, 0.3) is 0 Å². The number of hydrogen-bond donors (Lipinski definition) is 0. The molecule has 0 aromatic carbocycles. The molecule has 16 heavy (non-hydrogen) atoms. The number of methoxy groups -OCH3 is 2. The Hall–Kier alpha value is 0.210. The van der Waals surface area contributed by atoms with Crippen molar-refractivity contribution < 1.29 is 9.47 Å². The summed E-state index contributed by atoms with van der Waals surface area (Å²) in [7, 11) is 3.38. The summed E-state index contributed by atoms with van der Waals surface area (Å²) in [5.41, 5.74) is 0. The number of halogens is 1. The van der Waals surface area contributed by atoms with E-state index in [4.69, 9.17) is 21.1 Å². The summed E-state index contributed by atoms with van der Waals surface area (Å²) in [5, 5.41) is 0. The van der Waals surface area contributed by atoms with Crippen LogP contribution < -0.4 is 0 Å². The summed E-state index contributed by atoms with van der Waals surface area (Å²) < 4.78 is 10.4. The van der Waals surface area contributed by atoms with Gasteiger partial charge in [-0.05, 0) is 25.7 Å². The molecule has 0 aromatic heterocycles. The first kappa shape index (κ1) is 16.2. The van der Waals surface area contributed by atoms with E-state index in [0.717, 1.165) is 19.3 Å². The van der Waals surface area contributed by atoms with E-state index in [-0.39, 0.29) is 11.2 Å². The van der Waals surface area contributed by atoms with Crippen LogP contribution in [0.4, 0.5) is 0 Å². The van der Waals surface area contributed by atoms with Crippen molar-refractivity contribution in [3.63, 3.8) is 0 Å². The molecule has 98 valence electrons. The molecule has 2 unspecified atom stereocenters. The van der Waals surface area contributed by atoms with E-state index in [1.165, 1.54) is 12.8 Å². The van der Waals surface area contributed by atoms with Crippen molar-refractivity contribution in [2.75, 3.05) is 14.2 Å². The maximum Gasteiger partial charge on any atom is 0.157 e. The van der Waals surface area contributed by atoms with Gasteiger partial charge < -0.3 is 9.47 Å². The molecule has 0 heterocycles. The lowest BCUT2D eigenvalue weighted by atomic mass is 9.95. The van der Waals surface area contributed by atoms with E-state index in [0.29, 0.717) is 5.92 Å². The molecule has 0 N–H and O–H groups in total. The molecule has 0 aliphatic heterocycles. The van der Waals surface area contributed by atoms with Gasteiger partial charge in [0.1, 0.15) is 0 Å². The van der Waals surface area contributed by atoms with Crippen LogP contribution in [0, 0.1) is 5.92 Å². The first-order valence-corrected chi connectivity index (χ1v) is 6.57. The quantitative estimate of drug-likeness (QED) is 0.451. The molecule has 0 saturated heterocycles. The summed E-state index contributed by atoms with van der Waals surface area (Å²) in [6.45, 7) is 6.50. The second-order valence-electron chi connectivity index (χ2n) is 4.90. The Morgan fingerprint density at radius 2 is 1.81 bits per heavy atom. The van der Waals surface area contributed by atoms with Crippen molar-refractivity contribution in [2.24, 2.45) is 5.92 Å². The number of alkyl halides is 1. The first-order valence-electron chi connectivity index (χ1n) is 6.19. The first-order chi connectivity index (χ1) is 7.45. The molecular formula is C13H27ClO2. The third-order valence-corrected chi connectivity index (χ3v) is 3.71. The summed E-state index contributed by atoms with van der Waals surface area (Å²) >= 11 is 6.32. The topological polar surface area (TPSA) is 18.5 Å². The summed E-state index contributed by atoms with van der Waals surface area (Å²) in [6, 6.07) is 0. The predicted molar refractivity (Wildman–Crippen MR) is 70.0 cm³/mol. The minimum absolute atomic E-state index is 0.0262. The van der Waals surface area contributed by atoms with Crippen LogP contribution in [0.2, 0.25) is 0 Å². The molecule has 0 aliphatic carbocycles. The van der Waals surface area contributed by atoms with Crippen LogP contribution in [0.3, 0.4) is 0 Å². The van der Waals surface area contributed by atoms with E-state index in [9.17, 15) is 0 Å². The van der Waals surface area contributed by atoms with Gasteiger partial charge in [0, 0.05) is 25.5 Å². The minimum Gasteiger partial charge on any atom is -0.356 e. The van der Waals surface area contributed by atoms with Gasteiger partial charge in [-0.15, -0.1) is 11.6 Å². The Balaban J connectivity index is 3.69. The van der Waals surface area contributed by atoms with Crippen LogP contribution in [-0.2, 0) is 9.47 Å². The van der Waals surface area contributed by atoms with E-state index < -0.39 is 0 Å². The largest absolute Gasteiger partial charge is 0.356 e. The lowest BCUT2D eigenvalue weighted by Crippen LogP contribution is -2.18. The van der Waals surface area contributed by atoms with Gasteiger partial charge in [0.25, 0.3) is 0 Å². The zero-order valence-electron chi connectivity index (χ0n) is 11.4. The molecular weight excluding hydrogens is 224 g/mol. The molecule has 0 aromatic rings.